The van der Waals surface area contributed by atoms with E-state index in [1.54, 1.807) is 12.4 Å². The molecule has 0 aliphatic rings. The van der Waals surface area contributed by atoms with E-state index in [2.05, 4.69) is 24.9 Å². The van der Waals surface area contributed by atoms with Gasteiger partial charge >= 0.3 is 6.55 Å². The van der Waals surface area contributed by atoms with Gasteiger partial charge in [-0.3, -0.25) is 4.57 Å². The standard InChI is InChI=1S/C14H10ClF2N3O.C13H10ClN3O/c15-11-6-10-12(20(8-18-10)14(16)17)13(19-11)21-7-9-4-2-1-3-5-9;14-11-6-10-12(16-8-15-10)13(17-11)18-7-9-4-2-1-3-5-9/h1-6,8,14H,7H2;1-6,8H,7H2,(H,15,16). The van der Waals surface area contributed by atoms with E-state index in [-0.39, 0.29) is 23.2 Å². The number of imidazole rings is 2. The van der Waals surface area contributed by atoms with Crippen LogP contribution in [0.1, 0.15) is 17.7 Å². The van der Waals surface area contributed by atoms with Gasteiger partial charge in [-0.25, -0.2) is 9.97 Å². The third-order valence-corrected chi connectivity index (χ3v) is 5.87. The Morgan fingerprint density at radius 3 is 2.03 bits per heavy atom. The van der Waals surface area contributed by atoms with Crippen LogP contribution >= 0.6 is 23.2 Å². The minimum atomic E-state index is -2.72. The fourth-order valence-electron chi connectivity index (χ4n) is 3.68. The normalized spacial score (nSPS) is 11.0. The highest BCUT2D eigenvalue weighted by atomic mass is 35.5. The third kappa shape index (κ3) is 6.42. The molecule has 0 unspecified atom stereocenters. The molecule has 0 amide bonds. The molecule has 0 saturated carbocycles. The molecule has 4 heterocycles. The zero-order chi connectivity index (χ0) is 27.2. The van der Waals surface area contributed by atoms with Crippen molar-refractivity contribution >= 4 is 45.3 Å². The second-order valence-electron chi connectivity index (χ2n) is 8.14. The van der Waals surface area contributed by atoms with Gasteiger partial charge < -0.3 is 14.5 Å². The van der Waals surface area contributed by atoms with Crippen molar-refractivity contribution in [2.24, 2.45) is 0 Å². The fraction of sp³-hybridized carbons (Fsp3) is 0.111. The number of rotatable bonds is 7. The first-order valence-corrected chi connectivity index (χ1v) is 12.4. The van der Waals surface area contributed by atoms with E-state index < -0.39 is 6.55 Å². The van der Waals surface area contributed by atoms with Crippen molar-refractivity contribution in [1.82, 2.24) is 29.5 Å². The van der Waals surface area contributed by atoms with E-state index >= 15 is 0 Å². The molecule has 198 valence electrons. The number of hydrogen-bond acceptors (Lipinski definition) is 6. The molecule has 8 nitrogen and oxygen atoms in total. The first-order valence-electron chi connectivity index (χ1n) is 11.6. The summed E-state index contributed by atoms with van der Waals surface area (Å²) in [7, 11) is 0. The van der Waals surface area contributed by atoms with Gasteiger partial charge in [-0.15, -0.1) is 0 Å². The van der Waals surface area contributed by atoms with Crippen LogP contribution in [0.15, 0.2) is 85.5 Å². The van der Waals surface area contributed by atoms with Gasteiger partial charge in [0.2, 0.25) is 11.8 Å². The maximum Gasteiger partial charge on any atom is 0.320 e. The molecular formula is C27H20Cl2F2N6O2. The Balaban J connectivity index is 0.000000160. The van der Waals surface area contributed by atoms with Gasteiger partial charge in [-0.1, -0.05) is 83.9 Å². The summed E-state index contributed by atoms with van der Waals surface area (Å²) in [6, 6.07) is 22.4. The summed E-state index contributed by atoms with van der Waals surface area (Å²) in [5.74, 6) is 0.488. The number of hydrogen-bond donors (Lipinski definition) is 1. The van der Waals surface area contributed by atoms with Crippen molar-refractivity contribution in [2.75, 3.05) is 0 Å². The van der Waals surface area contributed by atoms with Crippen LogP contribution in [0.3, 0.4) is 0 Å². The Kier molecular flexibility index (Phi) is 8.14. The van der Waals surface area contributed by atoms with Gasteiger partial charge in [0.25, 0.3) is 0 Å². The Morgan fingerprint density at radius 2 is 1.38 bits per heavy atom. The number of pyridine rings is 2. The lowest BCUT2D eigenvalue weighted by Crippen LogP contribution is -2.02. The number of halogens is 4. The molecule has 4 aromatic heterocycles. The van der Waals surface area contributed by atoms with Crippen molar-refractivity contribution in [3.05, 3.63) is 107 Å². The summed E-state index contributed by atoms with van der Waals surface area (Å²) in [6.45, 7) is -2.08. The van der Waals surface area contributed by atoms with E-state index in [0.717, 1.165) is 23.0 Å². The van der Waals surface area contributed by atoms with Gasteiger partial charge in [0.05, 0.1) is 17.4 Å². The van der Waals surface area contributed by atoms with E-state index in [9.17, 15) is 8.78 Å². The van der Waals surface area contributed by atoms with E-state index in [0.29, 0.717) is 33.2 Å². The Bertz CT molecular complexity index is 1680. The quantitative estimate of drug-likeness (QED) is 0.204. The minimum absolute atomic E-state index is 0.0409. The number of fused-ring (bicyclic) bond motifs is 2. The summed E-state index contributed by atoms with van der Waals surface area (Å²) in [5, 5.41) is 0.528. The van der Waals surface area contributed by atoms with Gasteiger partial charge in [0.1, 0.15) is 35.4 Å². The molecule has 6 rings (SSSR count). The number of aromatic nitrogens is 6. The summed E-state index contributed by atoms with van der Waals surface area (Å²) < 4.78 is 37.9. The molecular weight excluding hydrogens is 549 g/mol. The molecule has 12 heteroatoms. The molecule has 1 N–H and O–H groups in total. The Hall–Kier alpha value is -4.28. The third-order valence-electron chi connectivity index (χ3n) is 5.48. The monoisotopic (exact) mass is 568 g/mol. The maximum atomic E-state index is 13.0. The molecule has 6 aromatic rings. The molecule has 2 aromatic carbocycles. The highest BCUT2D eigenvalue weighted by molar-refractivity contribution is 6.30. The predicted octanol–water partition coefficient (Wildman–Crippen LogP) is 7.25. The zero-order valence-corrected chi connectivity index (χ0v) is 21.7. The number of alkyl halides is 2. The number of nitrogens with one attached hydrogen (secondary N) is 1. The molecule has 0 radical (unpaired) electrons. The second-order valence-corrected chi connectivity index (χ2v) is 8.92. The summed E-state index contributed by atoms with van der Waals surface area (Å²) in [4.78, 5) is 19.2. The molecule has 0 bridgehead atoms. The minimum Gasteiger partial charge on any atom is -0.471 e. The van der Waals surface area contributed by atoms with Crippen LogP contribution < -0.4 is 9.47 Å². The van der Waals surface area contributed by atoms with Crippen molar-refractivity contribution in [2.45, 2.75) is 19.8 Å². The first-order chi connectivity index (χ1) is 19.0. The van der Waals surface area contributed by atoms with E-state index in [1.807, 2.05) is 60.7 Å². The van der Waals surface area contributed by atoms with Crippen LogP contribution in [-0.4, -0.2) is 29.5 Å². The molecule has 0 fully saturated rings. The molecule has 0 saturated heterocycles. The van der Waals surface area contributed by atoms with E-state index in [4.69, 9.17) is 32.7 Å². The number of ether oxygens (including phenoxy) is 2. The first kappa shape index (κ1) is 26.3. The molecule has 0 atom stereocenters. The number of aromatic amines is 1. The SMILES string of the molecule is Clc1cc2[nH]cnc2c(OCc2ccccc2)n1.FC(F)n1cnc2cc(Cl)nc(OCc3ccccc3)c21. The van der Waals surface area contributed by atoms with Crippen LogP contribution in [0.25, 0.3) is 22.1 Å². The Labute approximate surface area is 231 Å². The van der Waals surface area contributed by atoms with Gasteiger partial charge in [-0.2, -0.15) is 18.7 Å². The largest absolute Gasteiger partial charge is 0.471 e. The van der Waals surface area contributed by atoms with Gasteiger partial charge in [0, 0.05) is 12.1 Å². The smallest absolute Gasteiger partial charge is 0.320 e. The van der Waals surface area contributed by atoms with Crippen LogP contribution in [0.5, 0.6) is 11.8 Å². The van der Waals surface area contributed by atoms with Crippen molar-refractivity contribution in [1.29, 1.82) is 0 Å². The lowest BCUT2D eigenvalue weighted by atomic mass is 10.2. The number of benzene rings is 2. The second kappa shape index (κ2) is 12.1. The van der Waals surface area contributed by atoms with Gasteiger partial charge in [0.15, 0.2) is 5.52 Å². The molecule has 0 spiro atoms. The number of nitrogens with zero attached hydrogens (tertiary/aromatic N) is 5. The van der Waals surface area contributed by atoms with Crippen LogP contribution in [0.2, 0.25) is 10.3 Å². The van der Waals surface area contributed by atoms with Gasteiger partial charge in [-0.05, 0) is 11.1 Å². The Morgan fingerprint density at radius 1 is 0.795 bits per heavy atom. The number of H-pyrrole nitrogens is 1. The van der Waals surface area contributed by atoms with Crippen molar-refractivity contribution in [3.63, 3.8) is 0 Å². The van der Waals surface area contributed by atoms with Crippen LogP contribution in [0.4, 0.5) is 8.78 Å². The topological polar surface area (TPSA) is 90.7 Å². The lowest BCUT2D eigenvalue weighted by Gasteiger charge is -2.09. The predicted molar refractivity (Wildman–Crippen MR) is 144 cm³/mol. The molecule has 0 aliphatic carbocycles. The van der Waals surface area contributed by atoms with Crippen LogP contribution in [0, 0.1) is 0 Å². The van der Waals surface area contributed by atoms with Crippen molar-refractivity contribution in [3.8, 4) is 11.8 Å². The highest BCUT2D eigenvalue weighted by Crippen LogP contribution is 2.30. The fourth-order valence-corrected chi connectivity index (χ4v) is 4.05. The van der Waals surface area contributed by atoms with Crippen LogP contribution in [-0.2, 0) is 13.2 Å². The molecule has 0 aliphatic heterocycles. The average Bonchev–Trinajstić information content (AvgIpc) is 3.59. The van der Waals surface area contributed by atoms with E-state index in [1.165, 1.54) is 6.07 Å². The lowest BCUT2D eigenvalue weighted by molar-refractivity contribution is 0.0739. The average molecular weight is 569 g/mol. The summed E-state index contributed by atoms with van der Waals surface area (Å²) in [5.41, 5.74) is 3.93. The van der Waals surface area contributed by atoms with Crippen molar-refractivity contribution < 1.29 is 18.3 Å². The summed E-state index contributed by atoms with van der Waals surface area (Å²) in [6.07, 6.45) is 2.64. The zero-order valence-electron chi connectivity index (χ0n) is 20.1. The molecule has 39 heavy (non-hydrogen) atoms. The maximum absolute atomic E-state index is 13.0. The highest BCUT2D eigenvalue weighted by Gasteiger charge is 2.18. The summed E-state index contributed by atoms with van der Waals surface area (Å²) >= 11 is 11.8.